The van der Waals surface area contributed by atoms with E-state index in [0.717, 1.165) is 5.16 Å². The number of hydrogen-bond acceptors (Lipinski definition) is 2. The van der Waals surface area contributed by atoms with Gasteiger partial charge in [0, 0.05) is 0 Å². The van der Waals surface area contributed by atoms with Crippen molar-refractivity contribution in [2.45, 2.75) is 18.5 Å². The van der Waals surface area contributed by atoms with Gasteiger partial charge in [-0.15, -0.1) is 0 Å². The van der Waals surface area contributed by atoms with Crippen LogP contribution in [0.4, 0.5) is 30.7 Å². The van der Waals surface area contributed by atoms with Crippen LogP contribution in [0.3, 0.4) is 0 Å². The van der Waals surface area contributed by atoms with E-state index < -0.39 is 24.2 Å². The zero-order chi connectivity index (χ0) is 10.9. The lowest BCUT2D eigenvalue weighted by molar-refractivity contribution is -0.122. The van der Waals surface area contributed by atoms with Crippen molar-refractivity contribution in [3.8, 4) is 0 Å². The SMILES string of the molecule is ON=C(C(F)(F)F)C(F)(F)C(F)F. The van der Waals surface area contributed by atoms with Crippen LogP contribution in [0, 0.1) is 0 Å². The topological polar surface area (TPSA) is 32.6 Å². The van der Waals surface area contributed by atoms with Crippen molar-refractivity contribution in [2.24, 2.45) is 5.16 Å². The molecule has 78 valence electrons. The van der Waals surface area contributed by atoms with E-state index >= 15 is 0 Å². The molecule has 0 fully saturated rings. The zero-order valence-electron chi connectivity index (χ0n) is 5.62. The average molecular weight is 213 g/mol. The van der Waals surface area contributed by atoms with E-state index in [1.165, 1.54) is 0 Å². The summed E-state index contributed by atoms with van der Waals surface area (Å²) in [7, 11) is 0. The van der Waals surface area contributed by atoms with Crippen molar-refractivity contribution in [1.29, 1.82) is 0 Å². The molecule has 1 N–H and O–H groups in total. The first-order valence-electron chi connectivity index (χ1n) is 2.59. The van der Waals surface area contributed by atoms with Gasteiger partial charge in [-0.2, -0.15) is 22.0 Å². The number of hydrogen-bond donors (Lipinski definition) is 1. The summed E-state index contributed by atoms with van der Waals surface area (Å²) >= 11 is 0. The monoisotopic (exact) mass is 213 g/mol. The largest absolute Gasteiger partial charge is 0.438 e. The smallest absolute Gasteiger partial charge is 0.410 e. The molecule has 0 aromatic heterocycles. The molecule has 0 aromatic carbocycles. The van der Waals surface area contributed by atoms with Crippen molar-refractivity contribution >= 4 is 5.71 Å². The fraction of sp³-hybridized carbons (Fsp3) is 0.750. The minimum atomic E-state index is -5.80. The van der Waals surface area contributed by atoms with Crippen molar-refractivity contribution in [2.75, 3.05) is 0 Å². The third-order valence-corrected chi connectivity index (χ3v) is 0.958. The summed E-state index contributed by atoms with van der Waals surface area (Å²) in [6.07, 6.45) is -10.4. The molecule has 0 aromatic rings. The van der Waals surface area contributed by atoms with Crippen LogP contribution in [0.15, 0.2) is 5.16 Å². The van der Waals surface area contributed by atoms with Gasteiger partial charge in [0.25, 0.3) is 0 Å². The molecule has 0 bridgehead atoms. The summed E-state index contributed by atoms with van der Waals surface area (Å²) < 4.78 is 81.0. The standard InChI is InChI=1S/C4H2F7NO/c5-2(6)3(7,8)1(12-13)4(9,10)11/h2,13H. The van der Waals surface area contributed by atoms with Crippen LogP contribution in [0.1, 0.15) is 0 Å². The summed E-state index contributed by atoms with van der Waals surface area (Å²) in [5.74, 6) is -5.51. The lowest BCUT2D eigenvalue weighted by Crippen LogP contribution is -2.45. The fourth-order valence-corrected chi connectivity index (χ4v) is 0.416. The molecule has 0 unspecified atom stereocenters. The lowest BCUT2D eigenvalue weighted by atomic mass is 10.2. The molecule has 0 aliphatic heterocycles. The van der Waals surface area contributed by atoms with Crippen molar-refractivity contribution in [3.05, 3.63) is 0 Å². The quantitative estimate of drug-likeness (QED) is 0.324. The van der Waals surface area contributed by atoms with Gasteiger partial charge >= 0.3 is 18.5 Å². The summed E-state index contributed by atoms with van der Waals surface area (Å²) in [6, 6.07) is 0. The average Bonchev–Trinajstić information content (AvgIpc) is 1.83. The highest BCUT2D eigenvalue weighted by atomic mass is 19.4. The van der Waals surface area contributed by atoms with E-state index in [4.69, 9.17) is 5.21 Å². The summed E-state index contributed by atoms with van der Waals surface area (Å²) in [6.45, 7) is 0. The first-order chi connectivity index (χ1) is 5.64. The Morgan fingerprint density at radius 3 is 1.54 bits per heavy atom. The molecule has 0 heterocycles. The van der Waals surface area contributed by atoms with Crippen LogP contribution in [0.2, 0.25) is 0 Å². The molecule has 2 nitrogen and oxygen atoms in total. The molecular formula is C4H2F7NO. The predicted octanol–water partition coefficient (Wildman–Crippen LogP) is 2.28. The Bertz CT molecular complexity index is 207. The molecule has 0 saturated heterocycles. The van der Waals surface area contributed by atoms with Crippen LogP contribution in [-0.4, -0.2) is 29.4 Å². The molecule has 9 heteroatoms. The van der Waals surface area contributed by atoms with Crippen LogP contribution in [-0.2, 0) is 0 Å². The highest BCUT2D eigenvalue weighted by molar-refractivity contribution is 5.95. The van der Waals surface area contributed by atoms with E-state index in [1.807, 2.05) is 0 Å². The highest BCUT2D eigenvalue weighted by Crippen LogP contribution is 2.33. The Labute approximate surface area is 66.6 Å². The van der Waals surface area contributed by atoms with Gasteiger partial charge in [-0.1, -0.05) is 5.16 Å². The van der Waals surface area contributed by atoms with E-state index in [9.17, 15) is 30.7 Å². The van der Waals surface area contributed by atoms with E-state index in [1.54, 1.807) is 0 Å². The molecule has 13 heavy (non-hydrogen) atoms. The molecule has 0 radical (unpaired) electrons. The van der Waals surface area contributed by atoms with E-state index in [0.29, 0.717) is 0 Å². The van der Waals surface area contributed by atoms with Crippen LogP contribution in [0.25, 0.3) is 0 Å². The first kappa shape index (κ1) is 12.0. The van der Waals surface area contributed by atoms with Crippen molar-refractivity contribution in [1.82, 2.24) is 0 Å². The third-order valence-electron chi connectivity index (χ3n) is 0.958. The first-order valence-corrected chi connectivity index (χ1v) is 2.59. The van der Waals surface area contributed by atoms with Gasteiger partial charge in [-0.25, -0.2) is 8.78 Å². The Kier molecular flexibility index (Phi) is 3.12. The van der Waals surface area contributed by atoms with Gasteiger partial charge < -0.3 is 5.21 Å². The second-order valence-corrected chi connectivity index (χ2v) is 1.87. The predicted molar refractivity (Wildman–Crippen MR) is 26.2 cm³/mol. The maximum atomic E-state index is 11.9. The maximum Gasteiger partial charge on any atom is 0.438 e. The number of alkyl halides is 7. The van der Waals surface area contributed by atoms with E-state index in [-0.39, 0.29) is 0 Å². The van der Waals surface area contributed by atoms with Crippen LogP contribution < -0.4 is 0 Å². The number of rotatable bonds is 2. The van der Waals surface area contributed by atoms with Crippen LogP contribution >= 0.6 is 0 Å². The summed E-state index contributed by atoms with van der Waals surface area (Å²) in [5, 5.41) is 8.61. The molecule has 0 atom stereocenters. The van der Waals surface area contributed by atoms with Crippen molar-refractivity contribution in [3.63, 3.8) is 0 Å². The maximum absolute atomic E-state index is 11.9. The summed E-state index contributed by atoms with van der Waals surface area (Å²) in [5.41, 5.74) is -3.21. The Morgan fingerprint density at radius 2 is 1.46 bits per heavy atom. The lowest BCUT2D eigenvalue weighted by Gasteiger charge is -2.17. The van der Waals surface area contributed by atoms with E-state index in [2.05, 4.69) is 0 Å². The van der Waals surface area contributed by atoms with Gasteiger partial charge in [0.1, 0.15) is 0 Å². The Hall–Kier alpha value is -1.02. The highest BCUT2D eigenvalue weighted by Gasteiger charge is 2.58. The second kappa shape index (κ2) is 3.38. The molecule has 0 spiro atoms. The Balaban J connectivity index is 5.03. The number of oxime groups is 1. The molecule has 0 rings (SSSR count). The number of halogens is 7. The summed E-state index contributed by atoms with van der Waals surface area (Å²) in [4.78, 5) is 0. The molecule has 0 amide bonds. The van der Waals surface area contributed by atoms with Gasteiger partial charge in [0.05, 0.1) is 0 Å². The second-order valence-electron chi connectivity index (χ2n) is 1.87. The van der Waals surface area contributed by atoms with Gasteiger partial charge in [0.2, 0.25) is 5.71 Å². The normalized spacial score (nSPS) is 15.2. The molecular weight excluding hydrogens is 211 g/mol. The third kappa shape index (κ3) is 2.46. The zero-order valence-corrected chi connectivity index (χ0v) is 5.62. The molecule has 0 aliphatic carbocycles. The fourth-order valence-electron chi connectivity index (χ4n) is 0.416. The minimum absolute atomic E-state index is 1.11. The minimum Gasteiger partial charge on any atom is -0.410 e. The number of nitrogens with zero attached hydrogens (tertiary/aromatic N) is 1. The van der Waals surface area contributed by atoms with Gasteiger partial charge in [-0.05, 0) is 0 Å². The Morgan fingerprint density at radius 1 is 1.08 bits per heavy atom. The van der Waals surface area contributed by atoms with Crippen LogP contribution in [0.5, 0.6) is 0 Å². The molecule has 0 aliphatic rings. The van der Waals surface area contributed by atoms with Gasteiger partial charge in [0.15, 0.2) is 0 Å². The molecule has 0 saturated carbocycles. The van der Waals surface area contributed by atoms with Gasteiger partial charge in [-0.3, -0.25) is 0 Å². The van der Waals surface area contributed by atoms with Crippen molar-refractivity contribution < 1.29 is 35.9 Å².